The third-order valence-corrected chi connectivity index (χ3v) is 10.3. The van der Waals surface area contributed by atoms with Gasteiger partial charge in [0.15, 0.2) is 0 Å². The van der Waals surface area contributed by atoms with Crippen molar-refractivity contribution in [3.63, 3.8) is 0 Å². The van der Waals surface area contributed by atoms with Crippen molar-refractivity contribution in [3.8, 4) is 28.4 Å². The molecule has 0 amide bonds. The Morgan fingerprint density at radius 3 is 2.11 bits per heavy atom. The second-order valence-corrected chi connectivity index (χ2v) is 16.2. The first-order valence-corrected chi connectivity index (χ1v) is 18.7. The third-order valence-electron chi connectivity index (χ3n) is 10.3. The van der Waals surface area contributed by atoms with E-state index in [1.54, 1.807) is 17.6 Å². The Labute approximate surface area is 360 Å². The molecule has 0 saturated heterocycles. The molecule has 0 aliphatic carbocycles. The zero-order chi connectivity index (χ0) is 44.7. The number of pyridine rings is 1. The fraction of sp³-hybridized carbons (Fsp3) is 0.176. The van der Waals surface area contributed by atoms with Gasteiger partial charge < -0.3 is 19.1 Å². The monoisotopic (exact) mass is 931 g/mol. The van der Waals surface area contributed by atoms with E-state index in [2.05, 4.69) is 71.9 Å². The predicted molar refractivity (Wildman–Crippen MR) is 232 cm³/mol. The van der Waals surface area contributed by atoms with Crippen LogP contribution in [0.25, 0.3) is 38.8 Å². The van der Waals surface area contributed by atoms with Crippen molar-refractivity contribution >= 4 is 44.6 Å². The summed E-state index contributed by atoms with van der Waals surface area (Å²) in [5.74, 6) is 1.27. The van der Waals surface area contributed by atoms with Gasteiger partial charge in [-0.3, -0.25) is 0 Å². The standard InChI is InChI=1S/C51H45N4O.Pt/c1-34-32-52-49(31-44(34)35-16-9-8-10-17-35)55-45-21-12-11-20-42(45)43-25-24-41(30-48(43)55)56-40-19-15-18-38(29-40)53-33-54(47-23-14-13-22-46(47)53)39-27-36(50(2,3)4)26-37(28-39)51(5,6)7;/h8-28,31-33H,1-7H3;/q-3;/i1D3,13D,14D,22D,23D;. The molecule has 6 aromatic carbocycles. The molecule has 2 aromatic heterocycles. The number of fused-ring (bicyclic) bond motifs is 4. The smallest absolute Gasteiger partial charge is 0.136 e. The molecule has 0 saturated carbocycles. The molecule has 1 aliphatic rings. The van der Waals surface area contributed by atoms with Crippen LogP contribution in [0.4, 0.5) is 22.7 Å². The summed E-state index contributed by atoms with van der Waals surface area (Å²) in [6, 6.07) is 40.7. The van der Waals surface area contributed by atoms with Crippen molar-refractivity contribution in [3.05, 3.63) is 175 Å². The Morgan fingerprint density at radius 2 is 1.39 bits per heavy atom. The maximum atomic E-state index is 9.12. The summed E-state index contributed by atoms with van der Waals surface area (Å²) in [4.78, 5) is 8.31. The maximum Gasteiger partial charge on any atom is 0.136 e. The first-order valence-electron chi connectivity index (χ1n) is 22.2. The Hall–Kier alpha value is -5.64. The summed E-state index contributed by atoms with van der Waals surface area (Å²) < 4.78 is 68.8. The number of ether oxygens (including phenoxy) is 1. The SMILES string of the molecule is [2H]c1c([2H])c([2H])c2c(c1[2H])N(c1[c-]c(Oc3[c-]c4c(cc3)c3ccccc3n4-c3cc(-c4ccccc4)c(C([2H])([2H])[2H])cn3)ccc1)[CH-]N2c1cc(C(C)(C)C)cc(C(C)(C)C)c1.[Pt]. The summed E-state index contributed by atoms with van der Waals surface area (Å²) in [6.07, 6.45) is 1.44. The van der Waals surface area contributed by atoms with Crippen LogP contribution in [0, 0.1) is 25.7 Å². The van der Waals surface area contributed by atoms with Crippen molar-refractivity contribution < 1.29 is 35.4 Å². The molecule has 0 spiro atoms. The number of aryl methyl sites for hydroxylation is 1. The van der Waals surface area contributed by atoms with E-state index in [1.165, 1.54) is 6.20 Å². The Balaban J connectivity index is 0.00000560. The van der Waals surface area contributed by atoms with Crippen LogP contribution in [0.3, 0.4) is 0 Å². The number of nitrogens with zero attached hydrogens (tertiary/aromatic N) is 4. The first kappa shape index (κ1) is 30.5. The van der Waals surface area contributed by atoms with Crippen molar-refractivity contribution in [2.24, 2.45) is 0 Å². The molecule has 0 unspecified atom stereocenters. The summed E-state index contributed by atoms with van der Waals surface area (Å²) in [5.41, 5.74) is 6.80. The van der Waals surface area contributed by atoms with Gasteiger partial charge in [-0.05, 0) is 87.2 Å². The average molecular weight is 932 g/mol. The number of benzene rings is 6. The molecule has 3 heterocycles. The largest absolute Gasteiger partial charge is 0.509 e. The molecule has 5 nitrogen and oxygen atoms in total. The topological polar surface area (TPSA) is 33.5 Å². The van der Waals surface area contributed by atoms with Crippen molar-refractivity contribution in [1.29, 1.82) is 0 Å². The molecule has 0 bridgehead atoms. The number of para-hydroxylation sites is 3. The molecule has 0 N–H and O–H groups in total. The fourth-order valence-corrected chi connectivity index (χ4v) is 7.22. The van der Waals surface area contributed by atoms with Gasteiger partial charge in [0.05, 0.1) is 5.48 Å². The van der Waals surface area contributed by atoms with Crippen LogP contribution in [0.1, 0.15) is 67.8 Å². The van der Waals surface area contributed by atoms with E-state index < -0.39 is 6.85 Å². The van der Waals surface area contributed by atoms with Crippen LogP contribution in [-0.2, 0) is 31.9 Å². The molecule has 9 rings (SSSR count). The first-order chi connectivity index (χ1) is 29.8. The Kier molecular flexibility index (Phi) is 7.86. The second-order valence-electron chi connectivity index (χ2n) is 16.2. The van der Waals surface area contributed by atoms with Crippen molar-refractivity contribution in [1.82, 2.24) is 9.55 Å². The van der Waals surface area contributed by atoms with Gasteiger partial charge in [0.25, 0.3) is 0 Å². The van der Waals surface area contributed by atoms with Crippen molar-refractivity contribution in [2.45, 2.75) is 59.2 Å². The van der Waals surface area contributed by atoms with E-state index in [4.69, 9.17) is 19.3 Å². The minimum Gasteiger partial charge on any atom is -0.509 e. The van der Waals surface area contributed by atoms with E-state index >= 15 is 0 Å². The van der Waals surface area contributed by atoms with Crippen LogP contribution in [0.2, 0.25) is 0 Å². The summed E-state index contributed by atoms with van der Waals surface area (Å²) in [6.45, 7) is 12.4. The Bertz CT molecular complexity index is 3070. The summed E-state index contributed by atoms with van der Waals surface area (Å²) in [5, 5.41) is 1.87. The van der Waals surface area contributed by atoms with Crippen LogP contribution >= 0.6 is 0 Å². The fourth-order valence-electron chi connectivity index (χ4n) is 7.22. The zero-order valence-electron chi connectivity index (χ0n) is 39.6. The number of anilines is 4. The van der Waals surface area contributed by atoms with E-state index in [1.807, 2.05) is 94.4 Å². The van der Waals surface area contributed by atoms with E-state index in [-0.39, 0.29) is 61.6 Å². The van der Waals surface area contributed by atoms with Crippen LogP contribution < -0.4 is 14.5 Å². The molecular weight excluding hydrogens is 880 g/mol. The van der Waals surface area contributed by atoms with Gasteiger partial charge in [-0.25, -0.2) is 4.98 Å². The van der Waals surface area contributed by atoms with Gasteiger partial charge in [0.1, 0.15) is 5.82 Å². The summed E-state index contributed by atoms with van der Waals surface area (Å²) >= 11 is 0. The third kappa shape index (κ3) is 7.15. The van der Waals surface area contributed by atoms with Crippen LogP contribution in [0.15, 0.2) is 140 Å². The molecule has 8 aromatic rings. The van der Waals surface area contributed by atoms with Gasteiger partial charge >= 0.3 is 0 Å². The zero-order valence-corrected chi connectivity index (χ0v) is 34.8. The van der Waals surface area contributed by atoms with E-state index in [9.17, 15) is 0 Å². The second kappa shape index (κ2) is 14.7. The molecule has 0 radical (unpaired) electrons. The quantitative estimate of drug-likeness (QED) is 0.156. The number of aromatic nitrogens is 2. The predicted octanol–water partition coefficient (Wildman–Crippen LogP) is 13.5. The molecule has 6 heteroatoms. The molecular formula is C51H45N4OPt-3. The molecule has 1 aliphatic heterocycles. The number of hydrogen-bond acceptors (Lipinski definition) is 4. The molecule has 57 heavy (non-hydrogen) atoms. The van der Waals surface area contributed by atoms with E-state index in [0.29, 0.717) is 45.5 Å². The number of rotatable bonds is 6. The van der Waals surface area contributed by atoms with Gasteiger partial charge in [-0.15, -0.1) is 48.1 Å². The minimum absolute atomic E-state index is 0. The molecule has 0 atom stereocenters. The summed E-state index contributed by atoms with van der Waals surface area (Å²) in [7, 11) is 0. The Morgan fingerprint density at radius 1 is 0.702 bits per heavy atom. The normalized spacial score (nSPS) is 14.9. The van der Waals surface area contributed by atoms with Gasteiger partial charge in [-0.2, -0.15) is 12.1 Å². The molecule has 288 valence electrons. The maximum absolute atomic E-state index is 9.12. The number of hydrogen-bond donors (Lipinski definition) is 0. The van der Waals surface area contributed by atoms with Crippen LogP contribution in [0.5, 0.6) is 11.5 Å². The minimum atomic E-state index is -2.38. The van der Waals surface area contributed by atoms with E-state index in [0.717, 1.165) is 38.7 Å². The van der Waals surface area contributed by atoms with Gasteiger partial charge in [0, 0.05) is 65.5 Å². The van der Waals surface area contributed by atoms with Gasteiger partial charge in [0.2, 0.25) is 0 Å². The molecule has 0 fully saturated rings. The van der Waals surface area contributed by atoms with Crippen LogP contribution in [-0.4, -0.2) is 9.55 Å². The van der Waals surface area contributed by atoms with Crippen molar-refractivity contribution in [2.75, 3.05) is 9.80 Å². The average Bonchev–Trinajstić information content (AvgIpc) is 3.81. The van der Waals surface area contributed by atoms with Gasteiger partial charge in [-0.1, -0.05) is 114 Å².